The van der Waals surface area contributed by atoms with Gasteiger partial charge in [-0.3, -0.25) is 0 Å². The highest BCUT2D eigenvalue weighted by Gasteiger charge is 2.46. The van der Waals surface area contributed by atoms with Gasteiger partial charge in [-0.25, -0.2) is 14.5 Å². The Balaban J connectivity index is 1.47. The van der Waals surface area contributed by atoms with E-state index in [1.165, 1.54) is 11.4 Å². The van der Waals surface area contributed by atoms with Crippen LogP contribution < -0.4 is 15.5 Å². The Hall–Kier alpha value is -0.460. The molecule has 3 N–H and O–H groups in total. The van der Waals surface area contributed by atoms with E-state index >= 15 is 0 Å². The summed E-state index contributed by atoms with van der Waals surface area (Å²) in [6.45, 7) is -0.488. The quantitative estimate of drug-likeness (QED) is 0.519. The predicted molar refractivity (Wildman–Crippen MR) is 112 cm³/mol. The van der Waals surface area contributed by atoms with E-state index in [1.807, 2.05) is 0 Å². The van der Waals surface area contributed by atoms with Crippen molar-refractivity contribution < 1.29 is 21.6 Å². The lowest BCUT2D eigenvalue weighted by Crippen LogP contribution is -2.55. The lowest BCUT2D eigenvalue weighted by Gasteiger charge is -2.46. The second-order valence-electron chi connectivity index (χ2n) is 9.70. The number of nitrogens with zero attached hydrogens (tertiary/aromatic N) is 2. The third kappa shape index (κ3) is 5.22. The molecule has 7 nitrogen and oxygen atoms in total. The van der Waals surface area contributed by atoms with E-state index < -0.39 is 22.9 Å². The minimum absolute atomic E-state index is 0.0314. The molecule has 0 spiro atoms. The molecule has 0 radical (unpaired) electrons. The summed E-state index contributed by atoms with van der Waals surface area (Å²) >= 11 is 0. The fraction of sp³-hybridized carbons (Fsp3) is 1.00. The topological polar surface area (TPSA) is 76.7 Å². The molecular formula is C20H36F3N5O2S. The largest absolute Gasteiger partial charge is 0.313 e. The van der Waals surface area contributed by atoms with Crippen molar-refractivity contribution in [3.63, 3.8) is 0 Å². The molecular weight excluding hydrogens is 431 g/mol. The Bertz CT molecular complexity index is 707. The standard InChI is InChI=1S/C20H36F3N5O2S/c1-24-31(29,30)27-8-6-14(12-27)17-11-25-19(13-2-4-15(21)5-3-13)10-16(17)18-7-9-28(26-18)20(22)23/h13-20,24-26H,2-12H2,1H3. The number of hydrogen-bond acceptors (Lipinski definition) is 5. The third-order valence-electron chi connectivity index (χ3n) is 8.12. The lowest BCUT2D eigenvalue weighted by molar-refractivity contribution is -0.0504. The number of hydrogen-bond donors (Lipinski definition) is 3. The molecule has 0 aromatic heterocycles. The Morgan fingerprint density at radius 3 is 2.35 bits per heavy atom. The van der Waals surface area contributed by atoms with Crippen molar-refractivity contribution in [3.8, 4) is 0 Å². The summed E-state index contributed by atoms with van der Waals surface area (Å²) in [6, 6.07) is 0.241. The first-order valence-corrected chi connectivity index (χ1v) is 13.1. The fourth-order valence-electron chi connectivity index (χ4n) is 6.34. The molecule has 4 rings (SSSR count). The molecule has 11 heteroatoms. The highest BCUT2D eigenvalue weighted by molar-refractivity contribution is 7.87. The van der Waals surface area contributed by atoms with Gasteiger partial charge >= 0.3 is 6.55 Å². The average Bonchev–Trinajstić information content (AvgIpc) is 3.44. The van der Waals surface area contributed by atoms with E-state index in [0.29, 0.717) is 44.8 Å². The van der Waals surface area contributed by atoms with Gasteiger partial charge in [0, 0.05) is 38.8 Å². The lowest BCUT2D eigenvalue weighted by atomic mass is 9.68. The van der Waals surface area contributed by atoms with Gasteiger partial charge in [0.2, 0.25) is 0 Å². The summed E-state index contributed by atoms with van der Waals surface area (Å²) in [5, 5.41) is 4.72. The van der Waals surface area contributed by atoms with Crippen molar-refractivity contribution in [2.24, 2.45) is 23.7 Å². The maximum Gasteiger partial charge on any atom is 0.306 e. The van der Waals surface area contributed by atoms with Gasteiger partial charge in [0.05, 0.1) is 0 Å². The van der Waals surface area contributed by atoms with Crippen LogP contribution in [0.15, 0.2) is 0 Å². The van der Waals surface area contributed by atoms with Crippen molar-refractivity contribution >= 4 is 10.2 Å². The van der Waals surface area contributed by atoms with E-state index in [9.17, 15) is 21.6 Å². The summed E-state index contributed by atoms with van der Waals surface area (Å²) in [5.74, 6) is 1.04. The monoisotopic (exact) mass is 467 g/mol. The summed E-state index contributed by atoms with van der Waals surface area (Å²) in [6.07, 6.45) is 4.58. The van der Waals surface area contributed by atoms with Gasteiger partial charge in [-0.2, -0.15) is 26.5 Å². The first-order valence-electron chi connectivity index (χ1n) is 11.7. The van der Waals surface area contributed by atoms with Crippen molar-refractivity contribution in [2.75, 3.05) is 33.2 Å². The van der Waals surface area contributed by atoms with E-state index in [2.05, 4.69) is 15.5 Å². The molecule has 4 aliphatic rings. The number of rotatable bonds is 6. The van der Waals surface area contributed by atoms with Crippen LogP contribution in [-0.2, 0) is 10.2 Å². The first kappa shape index (κ1) is 23.7. The molecule has 4 fully saturated rings. The van der Waals surface area contributed by atoms with Crippen LogP contribution in [0.2, 0.25) is 0 Å². The Labute approximate surface area is 183 Å². The number of alkyl halides is 3. The predicted octanol–water partition coefficient (Wildman–Crippen LogP) is 1.70. The van der Waals surface area contributed by atoms with Crippen molar-refractivity contribution in [2.45, 2.75) is 69.8 Å². The molecule has 0 aromatic carbocycles. The third-order valence-corrected chi connectivity index (χ3v) is 9.65. The van der Waals surface area contributed by atoms with Crippen LogP contribution >= 0.6 is 0 Å². The van der Waals surface area contributed by atoms with E-state index in [1.54, 1.807) is 0 Å². The van der Waals surface area contributed by atoms with Crippen LogP contribution in [0, 0.1) is 23.7 Å². The average molecular weight is 468 g/mol. The van der Waals surface area contributed by atoms with Crippen LogP contribution in [0.4, 0.5) is 13.2 Å². The Kier molecular flexibility index (Phi) is 7.49. The Morgan fingerprint density at radius 1 is 0.968 bits per heavy atom. The van der Waals surface area contributed by atoms with Gasteiger partial charge in [-0.05, 0) is 75.2 Å². The molecule has 0 bridgehead atoms. The summed E-state index contributed by atoms with van der Waals surface area (Å²) < 4.78 is 68.5. The number of nitrogens with one attached hydrogen (secondary N) is 3. The SMILES string of the molecule is CNS(=O)(=O)N1CCC(C2CNC(C3CCC(F)CC3)CC2C2CCN(C(F)F)N2)C1. The number of piperidine rings is 1. The van der Waals surface area contributed by atoms with Gasteiger partial charge in [0.1, 0.15) is 6.17 Å². The van der Waals surface area contributed by atoms with Crippen LogP contribution in [0.25, 0.3) is 0 Å². The van der Waals surface area contributed by atoms with Crippen molar-refractivity contribution in [3.05, 3.63) is 0 Å². The van der Waals surface area contributed by atoms with Crippen molar-refractivity contribution in [1.29, 1.82) is 0 Å². The molecule has 5 unspecified atom stereocenters. The second kappa shape index (κ2) is 9.80. The van der Waals surface area contributed by atoms with Crippen LogP contribution in [0.5, 0.6) is 0 Å². The molecule has 5 atom stereocenters. The zero-order chi connectivity index (χ0) is 22.2. The normalized spacial score (nSPS) is 41.3. The second-order valence-corrected chi connectivity index (χ2v) is 11.6. The van der Waals surface area contributed by atoms with Crippen LogP contribution in [0.3, 0.4) is 0 Å². The van der Waals surface area contributed by atoms with Gasteiger partial charge in [0.15, 0.2) is 0 Å². The Morgan fingerprint density at radius 2 is 1.71 bits per heavy atom. The summed E-state index contributed by atoms with van der Waals surface area (Å²) in [7, 11) is -2.03. The molecule has 1 aliphatic carbocycles. The summed E-state index contributed by atoms with van der Waals surface area (Å²) in [5.41, 5.74) is 3.05. The van der Waals surface area contributed by atoms with Gasteiger partial charge in [0.25, 0.3) is 10.2 Å². The van der Waals surface area contributed by atoms with Gasteiger partial charge < -0.3 is 5.32 Å². The van der Waals surface area contributed by atoms with Gasteiger partial charge in [-0.15, -0.1) is 0 Å². The summed E-state index contributed by atoms with van der Waals surface area (Å²) in [4.78, 5) is 0. The zero-order valence-corrected chi connectivity index (χ0v) is 19.0. The van der Waals surface area contributed by atoms with E-state index in [0.717, 1.165) is 37.2 Å². The molecule has 31 heavy (non-hydrogen) atoms. The van der Waals surface area contributed by atoms with Crippen LogP contribution in [-0.4, -0.2) is 75.8 Å². The maximum atomic E-state index is 13.6. The highest BCUT2D eigenvalue weighted by Crippen LogP contribution is 2.41. The molecule has 1 saturated carbocycles. The van der Waals surface area contributed by atoms with E-state index in [4.69, 9.17) is 0 Å². The highest BCUT2D eigenvalue weighted by atomic mass is 32.2. The molecule has 0 aromatic rings. The molecule has 3 heterocycles. The number of hydrazine groups is 1. The smallest absolute Gasteiger partial charge is 0.306 e. The minimum atomic E-state index is -3.45. The maximum absolute atomic E-state index is 13.6. The van der Waals surface area contributed by atoms with Crippen LogP contribution in [0.1, 0.15) is 44.9 Å². The van der Waals surface area contributed by atoms with Gasteiger partial charge in [-0.1, -0.05) is 0 Å². The minimum Gasteiger partial charge on any atom is -0.313 e. The zero-order valence-electron chi connectivity index (χ0n) is 18.2. The molecule has 0 amide bonds. The first-order chi connectivity index (χ1) is 14.8. The number of halogens is 3. The molecule has 180 valence electrons. The fourth-order valence-corrected chi connectivity index (χ4v) is 7.34. The van der Waals surface area contributed by atoms with E-state index in [-0.39, 0.29) is 29.8 Å². The molecule has 3 saturated heterocycles. The molecule has 3 aliphatic heterocycles. The van der Waals surface area contributed by atoms with Crippen molar-refractivity contribution in [1.82, 2.24) is 24.8 Å².